The predicted molar refractivity (Wildman–Crippen MR) is 76.7 cm³/mol. The van der Waals surface area contributed by atoms with Crippen LogP contribution < -0.4 is 15.4 Å². The van der Waals surface area contributed by atoms with Gasteiger partial charge in [-0.25, -0.2) is 13.1 Å². The van der Waals surface area contributed by atoms with E-state index in [-0.39, 0.29) is 17.5 Å². The van der Waals surface area contributed by atoms with Gasteiger partial charge >= 0.3 is 0 Å². The van der Waals surface area contributed by atoms with Gasteiger partial charge in [-0.2, -0.15) is 0 Å². The van der Waals surface area contributed by atoms with E-state index in [9.17, 15) is 8.42 Å². The molecular formula is C12H21N3O3S. The highest BCUT2D eigenvalue weighted by Crippen LogP contribution is 2.28. The topological polar surface area (TPSA) is 95.7 Å². The number of sulfonamides is 1. The fourth-order valence-corrected chi connectivity index (χ4v) is 2.57. The van der Waals surface area contributed by atoms with Crippen LogP contribution in [0.5, 0.6) is 0 Å². The molecule has 0 saturated heterocycles. The summed E-state index contributed by atoms with van der Waals surface area (Å²) in [6, 6.07) is 4.65. The first-order valence-corrected chi connectivity index (χ1v) is 7.52. The van der Waals surface area contributed by atoms with Gasteiger partial charge in [0.1, 0.15) is 0 Å². The molecule has 4 N–H and O–H groups in total. The number of aliphatic hydroxyl groups is 1. The van der Waals surface area contributed by atoms with E-state index in [1.807, 2.05) is 18.7 Å². The van der Waals surface area contributed by atoms with Crippen LogP contribution in [0.4, 0.5) is 11.4 Å². The molecule has 0 aliphatic carbocycles. The number of aliphatic hydroxyl groups excluding tert-OH is 1. The Labute approximate surface area is 114 Å². The molecule has 1 aromatic rings. The Balaban J connectivity index is 3.30. The monoisotopic (exact) mass is 287 g/mol. The van der Waals surface area contributed by atoms with Crippen molar-refractivity contribution < 1.29 is 13.5 Å². The number of hydrogen-bond acceptors (Lipinski definition) is 5. The van der Waals surface area contributed by atoms with Gasteiger partial charge in [-0.05, 0) is 39.1 Å². The molecule has 1 rings (SSSR count). The summed E-state index contributed by atoms with van der Waals surface area (Å²) < 4.78 is 25.9. The van der Waals surface area contributed by atoms with Crippen LogP contribution in [0, 0.1) is 0 Å². The molecule has 19 heavy (non-hydrogen) atoms. The zero-order valence-electron chi connectivity index (χ0n) is 11.4. The zero-order valence-corrected chi connectivity index (χ0v) is 12.2. The number of nitrogens with two attached hydrogens (primary N) is 1. The molecule has 7 heteroatoms. The van der Waals surface area contributed by atoms with Crippen molar-refractivity contribution in [2.45, 2.75) is 24.8 Å². The highest BCUT2D eigenvalue weighted by atomic mass is 32.2. The van der Waals surface area contributed by atoms with E-state index in [1.165, 1.54) is 19.2 Å². The molecule has 0 spiro atoms. The summed E-state index contributed by atoms with van der Waals surface area (Å²) in [7, 11) is -2.15. The van der Waals surface area contributed by atoms with Crippen LogP contribution in [0.15, 0.2) is 23.1 Å². The molecule has 0 heterocycles. The zero-order chi connectivity index (χ0) is 14.6. The van der Waals surface area contributed by atoms with Crippen molar-refractivity contribution in [3.8, 4) is 0 Å². The highest BCUT2D eigenvalue weighted by Gasteiger charge is 2.18. The Morgan fingerprint density at radius 1 is 1.42 bits per heavy atom. The molecule has 0 aliphatic rings. The highest BCUT2D eigenvalue weighted by molar-refractivity contribution is 7.89. The number of nitrogens with zero attached hydrogens (tertiary/aromatic N) is 1. The number of benzene rings is 1. The molecule has 0 fully saturated rings. The summed E-state index contributed by atoms with van der Waals surface area (Å²) in [4.78, 5) is 2.02. The van der Waals surface area contributed by atoms with Crippen LogP contribution >= 0.6 is 0 Å². The van der Waals surface area contributed by atoms with E-state index in [0.717, 1.165) is 0 Å². The number of rotatable bonds is 6. The Kier molecular flexibility index (Phi) is 5.16. The normalized spacial score (nSPS) is 11.8. The van der Waals surface area contributed by atoms with Gasteiger partial charge in [-0.3, -0.25) is 0 Å². The van der Waals surface area contributed by atoms with Crippen LogP contribution in [-0.2, 0) is 10.0 Å². The maximum Gasteiger partial charge on any atom is 0.240 e. The summed E-state index contributed by atoms with van der Waals surface area (Å²) in [5.74, 6) is 0. The number of hydrogen-bond donors (Lipinski definition) is 3. The molecule has 0 aromatic heterocycles. The first kappa shape index (κ1) is 15.7. The third-order valence-electron chi connectivity index (χ3n) is 2.85. The van der Waals surface area contributed by atoms with Gasteiger partial charge in [0.25, 0.3) is 0 Å². The van der Waals surface area contributed by atoms with Crippen LogP contribution in [0.25, 0.3) is 0 Å². The Hall–Kier alpha value is -1.31. The van der Waals surface area contributed by atoms with Crippen molar-refractivity contribution in [1.29, 1.82) is 0 Å². The SMILES string of the molecule is CNS(=O)(=O)c1ccc(N)c(N(CCO)C(C)C)c1. The van der Waals surface area contributed by atoms with Gasteiger partial charge in [0.15, 0.2) is 0 Å². The quantitative estimate of drug-likeness (QED) is 0.658. The van der Waals surface area contributed by atoms with E-state index in [1.54, 1.807) is 6.07 Å². The van der Waals surface area contributed by atoms with Crippen molar-refractivity contribution in [2.24, 2.45) is 0 Å². The Morgan fingerprint density at radius 3 is 2.53 bits per heavy atom. The second-order valence-corrected chi connectivity index (χ2v) is 6.33. The third kappa shape index (κ3) is 3.59. The molecule has 0 bridgehead atoms. The van der Waals surface area contributed by atoms with E-state index < -0.39 is 10.0 Å². The molecule has 0 amide bonds. The van der Waals surface area contributed by atoms with Crippen molar-refractivity contribution in [1.82, 2.24) is 4.72 Å². The molecule has 0 radical (unpaired) electrons. The lowest BCUT2D eigenvalue weighted by Crippen LogP contribution is -2.34. The van der Waals surface area contributed by atoms with Gasteiger partial charge in [-0.1, -0.05) is 0 Å². The minimum absolute atomic E-state index is 0.0272. The summed E-state index contributed by atoms with van der Waals surface area (Å²) >= 11 is 0. The van der Waals surface area contributed by atoms with Crippen LogP contribution in [0.1, 0.15) is 13.8 Å². The predicted octanol–water partition coefficient (Wildman–Crippen LogP) is 0.384. The number of nitrogen functional groups attached to an aromatic ring is 1. The van der Waals surface area contributed by atoms with E-state index >= 15 is 0 Å². The minimum Gasteiger partial charge on any atom is -0.397 e. The molecule has 6 nitrogen and oxygen atoms in total. The standard InChI is InChI=1S/C12H21N3O3S/c1-9(2)15(6-7-16)12-8-10(4-5-11(12)13)19(17,18)14-3/h4-5,8-9,14,16H,6-7,13H2,1-3H3. The molecule has 108 valence electrons. The van der Waals surface area contributed by atoms with E-state index in [2.05, 4.69) is 4.72 Å². The van der Waals surface area contributed by atoms with Gasteiger partial charge in [-0.15, -0.1) is 0 Å². The average molecular weight is 287 g/mol. The van der Waals surface area contributed by atoms with Crippen molar-refractivity contribution in [2.75, 3.05) is 30.8 Å². The Morgan fingerprint density at radius 2 is 2.05 bits per heavy atom. The largest absolute Gasteiger partial charge is 0.397 e. The summed E-state index contributed by atoms with van der Waals surface area (Å²) in [5.41, 5.74) is 7.00. The van der Waals surface area contributed by atoms with Gasteiger partial charge in [0.2, 0.25) is 10.0 Å². The van der Waals surface area contributed by atoms with E-state index in [4.69, 9.17) is 10.8 Å². The maximum atomic E-state index is 11.8. The maximum absolute atomic E-state index is 11.8. The third-order valence-corrected chi connectivity index (χ3v) is 4.27. The van der Waals surface area contributed by atoms with Crippen molar-refractivity contribution in [3.63, 3.8) is 0 Å². The molecule has 0 saturated carbocycles. The number of nitrogens with one attached hydrogen (secondary N) is 1. The van der Waals surface area contributed by atoms with Crippen molar-refractivity contribution >= 4 is 21.4 Å². The second kappa shape index (κ2) is 6.23. The Bertz CT molecular complexity index is 529. The lowest BCUT2D eigenvalue weighted by Gasteiger charge is -2.29. The molecule has 0 aliphatic heterocycles. The smallest absolute Gasteiger partial charge is 0.240 e. The fraction of sp³-hybridized carbons (Fsp3) is 0.500. The molecule has 1 aromatic carbocycles. The fourth-order valence-electron chi connectivity index (χ4n) is 1.82. The van der Waals surface area contributed by atoms with Gasteiger partial charge in [0.05, 0.1) is 22.9 Å². The first-order chi connectivity index (χ1) is 8.83. The second-order valence-electron chi connectivity index (χ2n) is 4.44. The lowest BCUT2D eigenvalue weighted by atomic mass is 10.2. The van der Waals surface area contributed by atoms with E-state index in [0.29, 0.717) is 17.9 Å². The average Bonchev–Trinajstić information content (AvgIpc) is 2.36. The summed E-state index contributed by atoms with van der Waals surface area (Å²) in [6.45, 7) is 4.27. The van der Waals surface area contributed by atoms with Gasteiger partial charge in [0, 0.05) is 12.6 Å². The molecule has 0 unspecified atom stereocenters. The van der Waals surface area contributed by atoms with Crippen LogP contribution in [0.3, 0.4) is 0 Å². The minimum atomic E-state index is -3.51. The molecular weight excluding hydrogens is 266 g/mol. The summed E-state index contributed by atoms with van der Waals surface area (Å²) in [5, 5.41) is 9.10. The van der Waals surface area contributed by atoms with Crippen LogP contribution in [0.2, 0.25) is 0 Å². The van der Waals surface area contributed by atoms with Crippen LogP contribution in [-0.4, -0.2) is 39.8 Å². The van der Waals surface area contributed by atoms with Crippen molar-refractivity contribution in [3.05, 3.63) is 18.2 Å². The lowest BCUT2D eigenvalue weighted by molar-refractivity contribution is 0.299. The van der Waals surface area contributed by atoms with Gasteiger partial charge < -0.3 is 15.7 Å². The summed E-state index contributed by atoms with van der Waals surface area (Å²) in [6.07, 6.45) is 0. The number of anilines is 2. The first-order valence-electron chi connectivity index (χ1n) is 6.04. The molecule has 0 atom stereocenters.